The van der Waals surface area contributed by atoms with Gasteiger partial charge >= 0.3 is 5.97 Å². The van der Waals surface area contributed by atoms with Crippen molar-refractivity contribution in [3.63, 3.8) is 0 Å². The SMILES string of the molecule is CC(SCc1ccccc1)C(=O)N1CCCC[C@@H]1C(=O)O. The molecule has 1 saturated heterocycles. The molecule has 0 aromatic heterocycles. The molecule has 0 spiro atoms. The van der Waals surface area contributed by atoms with Gasteiger partial charge in [0.15, 0.2) is 0 Å². The molecule has 1 heterocycles. The maximum atomic E-state index is 12.5. The van der Waals surface area contributed by atoms with Gasteiger partial charge in [-0.2, -0.15) is 0 Å². The lowest BCUT2D eigenvalue weighted by atomic mass is 10.0. The first-order chi connectivity index (χ1) is 10.1. The zero-order chi connectivity index (χ0) is 15.2. The number of hydrogen-bond acceptors (Lipinski definition) is 3. The molecule has 1 unspecified atom stereocenters. The van der Waals surface area contributed by atoms with Crippen molar-refractivity contribution in [3.8, 4) is 0 Å². The number of thioether (sulfide) groups is 1. The first kappa shape index (κ1) is 15.9. The monoisotopic (exact) mass is 307 g/mol. The van der Waals surface area contributed by atoms with Gasteiger partial charge in [-0.25, -0.2) is 4.79 Å². The molecule has 1 amide bonds. The molecule has 2 rings (SSSR count). The summed E-state index contributed by atoms with van der Waals surface area (Å²) >= 11 is 1.56. The summed E-state index contributed by atoms with van der Waals surface area (Å²) in [4.78, 5) is 25.3. The molecule has 0 bridgehead atoms. The van der Waals surface area contributed by atoms with Crippen molar-refractivity contribution in [1.82, 2.24) is 4.90 Å². The Kier molecular flexibility index (Phi) is 5.67. The van der Waals surface area contributed by atoms with Crippen LogP contribution in [0.1, 0.15) is 31.7 Å². The normalized spacial score (nSPS) is 20.0. The molecule has 4 nitrogen and oxygen atoms in total. The number of carbonyl (C=O) groups is 2. The van der Waals surface area contributed by atoms with Crippen LogP contribution in [-0.2, 0) is 15.3 Å². The number of carboxylic acid groups (broad SMARTS) is 1. The van der Waals surface area contributed by atoms with Crippen molar-refractivity contribution in [3.05, 3.63) is 35.9 Å². The molecule has 1 aromatic rings. The number of aliphatic carboxylic acids is 1. The standard InChI is InChI=1S/C16H21NO3S/c1-12(21-11-13-7-3-2-4-8-13)15(18)17-10-6-5-9-14(17)16(19)20/h2-4,7-8,12,14H,5-6,9-11H2,1H3,(H,19,20)/t12?,14-/m1/s1. The maximum Gasteiger partial charge on any atom is 0.326 e. The predicted molar refractivity (Wildman–Crippen MR) is 84.2 cm³/mol. The average Bonchev–Trinajstić information content (AvgIpc) is 2.52. The van der Waals surface area contributed by atoms with Gasteiger partial charge in [-0.15, -0.1) is 11.8 Å². The van der Waals surface area contributed by atoms with Gasteiger partial charge in [-0.3, -0.25) is 4.79 Å². The molecule has 0 saturated carbocycles. The molecule has 1 N–H and O–H groups in total. The second-order valence-electron chi connectivity index (χ2n) is 5.32. The van der Waals surface area contributed by atoms with Crippen molar-refractivity contribution < 1.29 is 14.7 Å². The Labute approximate surface area is 129 Å². The van der Waals surface area contributed by atoms with Crippen LogP contribution in [0, 0.1) is 0 Å². The van der Waals surface area contributed by atoms with Crippen LogP contribution < -0.4 is 0 Å². The molecule has 114 valence electrons. The van der Waals surface area contributed by atoms with Gasteiger partial charge in [-0.1, -0.05) is 30.3 Å². The summed E-state index contributed by atoms with van der Waals surface area (Å²) < 4.78 is 0. The van der Waals surface area contributed by atoms with E-state index in [1.807, 2.05) is 37.3 Å². The van der Waals surface area contributed by atoms with E-state index in [2.05, 4.69) is 0 Å². The van der Waals surface area contributed by atoms with Gasteiger partial charge in [0.25, 0.3) is 0 Å². The lowest BCUT2D eigenvalue weighted by molar-refractivity contribution is -0.151. The van der Waals surface area contributed by atoms with Gasteiger partial charge in [-0.05, 0) is 31.7 Å². The number of likely N-dealkylation sites (tertiary alicyclic amines) is 1. The quantitative estimate of drug-likeness (QED) is 0.909. The minimum absolute atomic E-state index is 0.0527. The second kappa shape index (κ2) is 7.50. The summed E-state index contributed by atoms with van der Waals surface area (Å²) in [5, 5.41) is 9.03. The number of rotatable bonds is 5. The topological polar surface area (TPSA) is 57.6 Å². The minimum Gasteiger partial charge on any atom is -0.480 e. The van der Waals surface area contributed by atoms with Gasteiger partial charge in [0.1, 0.15) is 6.04 Å². The number of nitrogens with zero attached hydrogens (tertiary/aromatic N) is 1. The zero-order valence-electron chi connectivity index (χ0n) is 12.2. The van der Waals surface area contributed by atoms with Crippen LogP contribution in [0.5, 0.6) is 0 Å². The molecular weight excluding hydrogens is 286 g/mol. The van der Waals surface area contributed by atoms with E-state index in [9.17, 15) is 14.7 Å². The van der Waals surface area contributed by atoms with Gasteiger partial charge in [0.2, 0.25) is 5.91 Å². The highest BCUT2D eigenvalue weighted by atomic mass is 32.2. The Morgan fingerprint density at radius 3 is 2.71 bits per heavy atom. The van der Waals surface area contributed by atoms with Crippen molar-refractivity contribution in [2.45, 2.75) is 43.2 Å². The third-order valence-electron chi connectivity index (χ3n) is 3.76. The van der Waals surface area contributed by atoms with Gasteiger partial charge < -0.3 is 10.0 Å². The fraction of sp³-hybridized carbons (Fsp3) is 0.500. The van der Waals surface area contributed by atoms with Crippen LogP contribution in [0.3, 0.4) is 0 Å². The third kappa shape index (κ3) is 4.24. The Hall–Kier alpha value is -1.49. The Balaban J connectivity index is 1.93. The van der Waals surface area contributed by atoms with Crippen LogP contribution in [0.15, 0.2) is 30.3 Å². The molecule has 0 radical (unpaired) electrons. The van der Waals surface area contributed by atoms with Crippen LogP contribution in [0.4, 0.5) is 0 Å². The van der Waals surface area contributed by atoms with Crippen LogP contribution in [-0.4, -0.2) is 39.7 Å². The van der Waals surface area contributed by atoms with E-state index < -0.39 is 12.0 Å². The Morgan fingerprint density at radius 1 is 1.33 bits per heavy atom. The van der Waals surface area contributed by atoms with Crippen molar-refractivity contribution >= 4 is 23.6 Å². The van der Waals surface area contributed by atoms with Crippen molar-refractivity contribution in [2.75, 3.05) is 6.54 Å². The Bertz CT molecular complexity index is 492. The number of carbonyl (C=O) groups excluding carboxylic acids is 1. The number of amides is 1. The lowest BCUT2D eigenvalue weighted by Crippen LogP contribution is -2.50. The van der Waals surface area contributed by atoms with Crippen LogP contribution in [0.25, 0.3) is 0 Å². The molecule has 5 heteroatoms. The van der Waals surface area contributed by atoms with Crippen molar-refractivity contribution in [1.29, 1.82) is 0 Å². The van der Waals surface area contributed by atoms with E-state index in [0.717, 1.165) is 18.6 Å². The number of piperidine rings is 1. The molecule has 0 aliphatic carbocycles. The largest absolute Gasteiger partial charge is 0.480 e. The summed E-state index contributed by atoms with van der Waals surface area (Å²) in [7, 11) is 0. The molecule has 2 atom stereocenters. The fourth-order valence-electron chi connectivity index (χ4n) is 2.55. The minimum atomic E-state index is -0.886. The predicted octanol–water partition coefficient (Wildman–Crippen LogP) is 2.77. The first-order valence-electron chi connectivity index (χ1n) is 7.28. The first-order valence-corrected chi connectivity index (χ1v) is 8.33. The van der Waals surface area contributed by atoms with E-state index in [1.54, 1.807) is 16.7 Å². The maximum absolute atomic E-state index is 12.5. The fourth-order valence-corrected chi connectivity index (χ4v) is 3.47. The molecular formula is C16H21NO3S. The molecule has 1 aliphatic rings. The number of hydrogen-bond donors (Lipinski definition) is 1. The van der Waals surface area contributed by atoms with Crippen molar-refractivity contribution in [2.24, 2.45) is 0 Å². The Morgan fingerprint density at radius 2 is 2.05 bits per heavy atom. The zero-order valence-corrected chi connectivity index (χ0v) is 13.0. The highest BCUT2D eigenvalue weighted by molar-refractivity contribution is 7.99. The molecule has 1 aliphatic heterocycles. The van der Waals surface area contributed by atoms with E-state index in [0.29, 0.717) is 13.0 Å². The average molecular weight is 307 g/mol. The van der Waals surface area contributed by atoms with Gasteiger partial charge in [0, 0.05) is 12.3 Å². The summed E-state index contributed by atoms with van der Waals surface area (Å²) in [6.45, 7) is 2.43. The summed E-state index contributed by atoms with van der Waals surface area (Å²) in [6, 6.07) is 9.34. The van der Waals surface area contributed by atoms with E-state index in [1.165, 1.54) is 5.56 Å². The number of carboxylic acids is 1. The smallest absolute Gasteiger partial charge is 0.326 e. The third-order valence-corrected chi connectivity index (χ3v) is 4.96. The molecule has 1 aromatic carbocycles. The van der Waals surface area contributed by atoms with E-state index in [-0.39, 0.29) is 11.2 Å². The molecule has 1 fully saturated rings. The van der Waals surface area contributed by atoms with E-state index >= 15 is 0 Å². The highest BCUT2D eigenvalue weighted by Crippen LogP contribution is 2.24. The van der Waals surface area contributed by atoms with E-state index in [4.69, 9.17) is 0 Å². The van der Waals surface area contributed by atoms with Crippen LogP contribution >= 0.6 is 11.8 Å². The summed E-state index contributed by atoms with van der Waals surface area (Å²) in [5.74, 6) is -0.175. The lowest BCUT2D eigenvalue weighted by Gasteiger charge is -2.34. The summed E-state index contributed by atoms with van der Waals surface area (Å²) in [6.07, 6.45) is 2.34. The van der Waals surface area contributed by atoms with Gasteiger partial charge in [0.05, 0.1) is 5.25 Å². The number of benzene rings is 1. The second-order valence-corrected chi connectivity index (χ2v) is 6.65. The van der Waals surface area contributed by atoms with Crippen LogP contribution in [0.2, 0.25) is 0 Å². The summed E-state index contributed by atoms with van der Waals surface area (Å²) in [5.41, 5.74) is 1.18. The molecule has 21 heavy (non-hydrogen) atoms. The highest BCUT2D eigenvalue weighted by Gasteiger charge is 2.33.